The summed E-state index contributed by atoms with van der Waals surface area (Å²) >= 11 is 0. The predicted octanol–water partition coefficient (Wildman–Crippen LogP) is 0.533. The van der Waals surface area contributed by atoms with E-state index in [-0.39, 0.29) is 23.6 Å². The number of carbonyl (C=O) groups is 1. The van der Waals surface area contributed by atoms with Crippen LogP contribution in [0.5, 0.6) is 11.5 Å². The van der Waals surface area contributed by atoms with Crippen LogP contribution < -0.4 is 5.73 Å². The van der Waals surface area contributed by atoms with Crippen molar-refractivity contribution < 1.29 is 20.1 Å². The topological polar surface area (TPSA) is 104 Å². The average Bonchev–Trinajstić information content (AvgIpc) is 2.14. The van der Waals surface area contributed by atoms with Crippen molar-refractivity contribution in [2.75, 3.05) is 6.54 Å². The molecule has 1 unspecified atom stereocenters. The van der Waals surface area contributed by atoms with Crippen LogP contribution in [0.1, 0.15) is 17.0 Å². The Kier molecular flexibility index (Phi) is 3.16. The monoisotopic (exact) mass is 211 g/mol. The number of rotatable bonds is 3. The Morgan fingerprint density at radius 1 is 1.40 bits per heavy atom. The smallest absolute Gasteiger partial charge is 0.312 e. The van der Waals surface area contributed by atoms with Gasteiger partial charge in [-0.2, -0.15) is 0 Å². The van der Waals surface area contributed by atoms with Gasteiger partial charge in [0.05, 0.1) is 5.92 Å². The zero-order chi connectivity index (χ0) is 11.6. The SMILES string of the molecule is Cc1cc(C(CN)C(=O)O)c(O)cc1O. The second-order valence-electron chi connectivity index (χ2n) is 3.32. The second kappa shape index (κ2) is 4.18. The predicted molar refractivity (Wildman–Crippen MR) is 53.9 cm³/mol. The first-order valence-electron chi connectivity index (χ1n) is 4.42. The summed E-state index contributed by atoms with van der Waals surface area (Å²) in [5.74, 6) is -2.38. The first-order chi connectivity index (χ1) is 6.97. The molecule has 0 saturated heterocycles. The molecule has 0 aromatic heterocycles. The van der Waals surface area contributed by atoms with Gasteiger partial charge in [0, 0.05) is 18.2 Å². The molecule has 0 saturated carbocycles. The maximum atomic E-state index is 10.8. The van der Waals surface area contributed by atoms with Crippen LogP contribution in [0, 0.1) is 6.92 Å². The molecule has 0 bridgehead atoms. The van der Waals surface area contributed by atoms with E-state index >= 15 is 0 Å². The molecule has 0 aliphatic carbocycles. The van der Waals surface area contributed by atoms with Crippen LogP contribution in [0.25, 0.3) is 0 Å². The Morgan fingerprint density at radius 3 is 2.47 bits per heavy atom. The van der Waals surface area contributed by atoms with E-state index in [9.17, 15) is 15.0 Å². The van der Waals surface area contributed by atoms with E-state index in [1.54, 1.807) is 6.92 Å². The third-order valence-electron chi connectivity index (χ3n) is 2.25. The number of phenolic OH excluding ortho intramolecular Hbond substituents is 2. The summed E-state index contributed by atoms with van der Waals surface area (Å²) in [6.45, 7) is 1.51. The van der Waals surface area contributed by atoms with E-state index in [2.05, 4.69) is 0 Å². The van der Waals surface area contributed by atoms with Crippen LogP contribution in [0.3, 0.4) is 0 Å². The maximum Gasteiger partial charge on any atom is 0.312 e. The molecule has 1 atom stereocenters. The summed E-state index contributed by atoms with van der Waals surface area (Å²) in [6, 6.07) is 2.55. The number of aromatic hydroxyl groups is 2. The van der Waals surface area contributed by atoms with Gasteiger partial charge < -0.3 is 21.1 Å². The zero-order valence-corrected chi connectivity index (χ0v) is 8.27. The normalized spacial score (nSPS) is 12.4. The molecule has 0 aliphatic heterocycles. The molecule has 5 N–H and O–H groups in total. The Labute approximate surface area is 86.8 Å². The molecule has 0 heterocycles. The number of hydrogen-bond acceptors (Lipinski definition) is 4. The summed E-state index contributed by atoms with van der Waals surface area (Å²) in [5.41, 5.74) is 6.03. The average molecular weight is 211 g/mol. The first kappa shape index (κ1) is 11.3. The van der Waals surface area contributed by atoms with Crippen LogP contribution in [-0.4, -0.2) is 27.8 Å². The summed E-state index contributed by atoms with van der Waals surface area (Å²) < 4.78 is 0. The molecule has 1 aromatic rings. The van der Waals surface area contributed by atoms with Crippen LogP contribution in [0.4, 0.5) is 0 Å². The minimum Gasteiger partial charge on any atom is -0.508 e. The lowest BCUT2D eigenvalue weighted by atomic mass is 9.96. The highest BCUT2D eigenvalue weighted by molar-refractivity contribution is 5.77. The molecule has 5 heteroatoms. The third kappa shape index (κ3) is 2.19. The Hall–Kier alpha value is -1.75. The van der Waals surface area contributed by atoms with Crippen molar-refractivity contribution in [1.29, 1.82) is 0 Å². The molecular formula is C10H13NO4. The van der Waals surface area contributed by atoms with Crippen molar-refractivity contribution in [3.8, 4) is 11.5 Å². The second-order valence-corrected chi connectivity index (χ2v) is 3.32. The van der Waals surface area contributed by atoms with Gasteiger partial charge in [0.25, 0.3) is 0 Å². The summed E-state index contributed by atoms with van der Waals surface area (Å²) in [7, 11) is 0. The van der Waals surface area contributed by atoms with E-state index < -0.39 is 11.9 Å². The highest BCUT2D eigenvalue weighted by Gasteiger charge is 2.22. The number of nitrogens with two attached hydrogens (primary N) is 1. The molecule has 82 valence electrons. The fraction of sp³-hybridized carbons (Fsp3) is 0.300. The molecule has 1 aromatic carbocycles. The largest absolute Gasteiger partial charge is 0.508 e. The van der Waals surface area contributed by atoms with Crippen molar-refractivity contribution >= 4 is 5.97 Å². The number of phenols is 2. The van der Waals surface area contributed by atoms with E-state index in [1.807, 2.05) is 0 Å². The molecule has 0 spiro atoms. The minimum absolute atomic E-state index is 0.0718. The number of carboxylic acid groups (broad SMARTS) is 1. The van der Waals surface area contributed by atoms with Gasteiger partial charge in [0.15, 0.2) is 0 Å². The summed E-state index contributed by atoms with van der Waals surface area (Å²) in [6.07, 6.45) is 0. The molecule has 15 heavy (non-hydrogen) atoms. The lowest BCUT2D eigenvalue weighted by Gasteiger charge is -2.13. The fourth-order valence-electron chi connectivity index (χ4n) is 1.35. The van der Waals surface area contributed by atoms with Gasteiger partial charge in [-0.3, -0.25) is 4.79 Å². The van der Waals surface area contributed by atoms with E-state index in [4.69, 9.17) is 10.8 Å². The van der Waals surface area contributed by atoms with Gasteiger partial charge in [-0.1, -0.05) is 0 Å². The van der Waals surface area contributed by atoms with Gasteiger partial charge in [-0.25, -0.2) is 0 Å². The molecule has 0 fully saturated rings. The molecule has 1 rings (SSSR count). The zero-order valence-electron chi connectivity index (χ0n) is 8.27. The van der Waals surface area contributed by atoms with Crippen molar-refractivity contribution in [2.24, 2.45) is 5.73 Å². The van der Waals surface area contributed by atoms with Gasteiger partial charge in [-0.15, -0.1) is 0 Å². The minimum atomic E-state index is -1.10. The first-order valence-corrected chi connectivity index (χ1v) is 4.42. The Balaban J connectivity index is 3.24. The molecule has 5 nitrogen and oxygen atoms in total. The van der Waals surface area contributed by atoms with Crippen molar-refractivity contribution in [1.82, 2.24) is 0 Å². The van der Waals surface area contributed by atoms with Gasteiger partial charge in [0.2, 0.25) is 0 Å². The highest BCUT2D eigenvalue weighted by Crippen LogP contribution is 2.31. The number of benzene rings is 1. The summed E-state index contributed by atoms with van der Waals surface area (Å²) in [4.78, 5) is 10.8. The number of aliphatic carboxylic acids is 1. The van der Waals surface area contributed by atoms with E-state index in [0.29, 0.717) is 5.56 Å². The molecule has 0 radical (unpaired) electrons. The van der Waals surface area contributed by atoms with Gasteiger partial charge in [0.1, 0.15) is 11.5 Å². The standard InChI is InChI=1S/C10H13NO4/c1-5-2-6(7(4-11)10(14)15)9(13)3-8(5)12/h2-3,7,12-13H,4,11H2,1H3,(H,14,15). The van der Waals surface area contributed by atoms with E-state index in [1.165, 1.54) is 6.07 Å². The van der Waals surface area contributed by atoms with Crippen molar-refractivity contribution in [3.05, 3.63) is 23.3 Å². The van der Waals surface area contributed by atoms with Gasteiger partial charge >= 0.3 is 5.97 Å². The molecular weight excluding hydrogens is 198 g/mol. The summed E-state index contributed by atoms with van der Waals surface area (Å²) in [5, 5.41) is 27.6. The van der Waals surface area contributed by atoms with Crippen LogP contribution >= 0.6 is 0 Å². The van der Waals surface area contributed by atoms with Crippen LogP contribution in [0.15, 0.2) is 12.1 Å². The lowest BCUT2D eigenvalue weighted by molar-refractivity contribution is -0.138. The quantitative estimate of drug-likeness (QED) is 0.584. The van der Waals surface area contributed by atoms with Gasteiger partial charge in [-0.05, 0) is 18.6 Å². The van der Waals surface area contributed by atoms with Crippen molar-refractivity contribution in [3.63, 3.8) is 0 Å². The Bertz CT molecular complexity index is 389. The van der Waals surface area contributed by atoms with Crippen molar-refractivity contribution in [2.45, 2.75) is 12.8 Å². The maximum absolute atomic E-state index is 10.8. The number of aryl methyl sites for hydroxylation is 1. The number of hydrogen-bond donors (Lipinski definition) is 4. The lowest BCUT2D eigenvalue weighted by Crippen LogP contribution is -2.21. The fourth-order valence-corrected chi connectivity index (χ4v) is 1.35. The third-order valence-corrected chi connectivity index (χ3v) is 2.25. The number of carboxylic acids is 1. The van der Waals surface area contributed by atoms with Crippen LogP contribution in [-0.2, 0) is 4.79 Å². The Morgan fingerprint density at radius 2 is 2.00 bits per heavy atom. The van der Waals surface area contributed by atoms with E-state index in [0.717, 1.165) is 6.07 Å². The van der Waals surface area contributed by atoms with Crippen LogP contribution in [0.2, 0.25) is 0 Å². The molecule has 0 amide bonds. The highest BCUT2D eigenvalue weighted by atomic mass is 16.4. The molecule has 0 aliphatic rings.